The van der Waals surface area contributed by atoms with E-state index in [1.165, 1.54) is 11.8 Å². The van der Waals surface area contributed by atoms with Gasteiger partial charge in [0.1, 0.15) is 12.0 Å². The first-order valence-electron chi connectivity index (χ1n) is 8.56. The van der Waals surface area contributed by atoms with Gasteiger partial charge in [-0.3, -0.25) is 20.0 Å². The Hall–Kier alpha value is -2.54. The zero-order valence-corrected chi connectivity index (χ0v) is 14.6. The average Bonchev–Trinajstić information content (AvgIpc) is 2.64. The molecular weight excluding hydrogens is 318 g/mol. The molecule has 0 amide bonds. The summed E-state index contributed by atoms with van der Waals surface area (Å²) >= 11 is 0. The van der Waals surface area contributed by atoms with Gasteiger partial charge < -0.3 is 5.32 Å². The lowest BCUT2D eigenvalue weighted by Gasteiger charge is -2.36. The molecule has 0 unspecified atom stereocenters. The van der Waals surface area contributed by atoms with Crippen molar-refractivity contribution in [1.29, 1.82) is 0 Å². The van der Waals surface area contributed by atoms with Crippen molar-refractivity contribution in [2.24, 2.45) is 0 Å². The molecule has 2 aromatic heterocycles. The minimum Gasteiger partial charge on any atom is -0.367 e. The minimum atomic E-state index is -0.414. The molecule has 1 fully saturated rings. The van der Waals surface area contributed by atoms with Gasteiger partial charge in [-0.25, -0.2) is 4.98 Å². The first-order chi connectivity index (χ1) is 12.0. The number of pyridine rings is 2. The van der Waals surface area contributed by atoms with Crippen LogP contribution in [-0.4, -0.2) is 38.9 Å². The quantitative estimate of drug-likeness (QED) is 0.663. The Kier molecular flexibility index (Phi) is 5.23. The Labute approximate surface area is 147 Å². The second-order valence-electron chi connectivity index (χ2n) is 6.53. The average molecular weight is 341 g/mol. The van der Waals surface area contributed by atoms with E-state index in [2.05, 4.69) is 39.2 Å². The first-order valence-corrected chi connectivity index (χ1v) is 8.56. The summed E-state index contributed by atoms with van der Waals surface area (Å²) in [7, 11) is 0. The minimum absolute atomic E-state index is 0.0315. The Balaban J connectivity index is 1.57. The van der Waals surface area contributed by atoms with Crippen molar-refractivity contribution in [3.8, 4) is 0 Å². The first kappa shape index (κ1) is 17.3. The molecule has 0 aliphatic carbocycles. The molecule has 7 nitrogen and oxygen atoms in total. The van der Waals surface area contributed by atoms with Crippen molar-refractivity contribution in [2.75, 3.05) is 18.4 Å². The van der Waals surface area contributed by atoms with Crippen LogP contribution in [0.1, 0.15) is 36.9 Å². The number of hydrogen-bond donors (Lipinski definition) is 1. The number of anilines is 1. The molecule has 0 bridgehead atoms. The molecule has 2 aromatic rings. The third-order valence-corrected chi connectivity index (χ3v) is 4.88. The van der Waals surface area contributed by atoms with Crippen molar-refractivity contribution in [1.82, 2.24) is 14.9 Å². The molecular formula is C18H23N5O2. The number of aromatic nitrogens is 2. The third kappa shape index (κ3) is 4.11. The molecule has 0 radical (unpaired) electrons. The van der Waals surface area contributed by atoms with Crippen LogP contribution in [0.5, 0.6) is 0 Å². The van der Waals surface area contributed by atoms with E-state index in [9.17, 15) is 10.1 Å². The zero-order chi connectivity index (χ0) is 17.8. The maximum Gasteiger partial charge on any atom is 0.287 e. The third-order valence-electron chi connectivity index (χ3n) is 4.88. The molecule has 132 valence electrons. The Morgan fingerprint density at radius 1 is 1.32 bits per heavy atom. The number of hydrogen-bond acceptors (Lipinski definition) is 6. The summed E-state index contributed by atoms with van der Waals surface area (Å²) in [5.74, 6) is 0.742. The van der Waals surface area contributed by atoms with Gasteiger partial charge in [-0.1, -0.05) is 0 Å². The Morgan fingerprint density at radius 2 is 2.00 bits per heavy atom. The lowest BCUT2D eigenvalue weighted by molar-refractivity contribution is -0.385. The molecule has 1 aliphatic rings. The van der Waals surface area contributed by atoms with E-state index in [0.29, 0.717) is 12.1 Å². The van der Waals surface area contributed by atoms with Crippen LogP contribution in [0.4, 0.5) is 11.5 Å². The summed E-state index contributed by atoms with van der Waals surface area (Å²) in [5, 5.41) is 14.3. The molecule has 1 N–H and O–H groups in total. The van der Waals surface area contributed by atoms with Crippen molar-refractivity contribution in [2.45, 2.75) is 38.8 Å². The Morgan fingerprint density at radius 3 is 2.60 bits per heavy atom. The fraction of sp³-hybridized carbons (Fsp3) is 0.444. The van der Waals surface area contributed by atoms with Crippen LogP contribution in [0, 0.1) is 17.0 Å². The van der Waals surface area contributed by atoms with E-state index >= 15 is 0 Å². The van der Waals surface area contributed by atoms with E-state index in [1.54, 1.807) is 6.07 Å². The molecule has 0 saturated carbocycles. The molecule has 0 spiro atoms. The summed E-state index contributed by atoms with van der Waals surface area (Å²) in [4.78, 5) is 21.2. The predicted octanol–water partition coefficient (Wildman–Crippen LogP) is 3.33. The fourth-order valence-electron chi connectivity index (χ4n) is 3.29. The number of nitrogens with one attached hydrogen (secondary N) is 1. The summed E-state index contributed by atoms with van der Waals surface area (Å²) < 4.78 is 0. The van der Waals surface area contributed by atoms with E-state index in [0.717, 1.165) is 37.3 Å². The van der Waals surface area contributed by atoms with E-state index in [1.807, 2.05) is 19.3 Å². The molecule has 1 atom stereocenters. The van der Waals surface area contributed by atoms with Gasteiger partial charge in [0.15, 0.2) is 0 Å². The number of likely N-dealkylation sites (tertiary alicyclic amines) is 1. The Bertz CT molecular complexity index is 730. The van der Waals surface area contributed by atoms with Crippen molar-refractivity contribution < 1.29 is 4.92 Å². The van der Waals surface area contributed by atoms with E-state index in [-0.39, 0.29) is 5.69 Å². The molecule has 0 aromatic carbocycles. The van der Waals surface area contributed by atoms with Crippen LogP contribution in [0.15, 0.2) is 36.8 Å². The molecule has 25 heavy (non-hydrogen) atoms. The van der Waals surface area contributed by atoms with Crippen LogP contribution in [0.25, 0.3) is 0 Å². The molecule has 3 rings (SSSR count). The molecule has 1 saturated heterocycles. The zero-order valence-electron chi connectivity index (χ0n) is 14.6. The molecule has 7 heteroatoms. The van der Waals surface area contributed by atoms with Gasteiger partial charge in [-0.15, -0.1) is 0 Å². The van der Waals surface area contributed by atoms with Crippen LogP contribution >= 0.6 is 0 Å². The van der Waals surface area contributed by atoms with Crippen LogP contribution in [0.2, 0.25) is 0 Å². The highest BCUT2D eigenvalue weighted by molar-refractivity contribution is 5.48. The van der Waals surface area contributed by atoms with Crippen molar-refractivity contribution in [3.63, 3.8) is 0 Å². The van der Waals surface area contributed by atoms with Gasteiger partial charge in [0.25, 0.3) is 5.69 Å². The smallest absolute Gasteiger partial charge is 0.287 e. The predicted molar refractivity (Wildman–Crippen MR) is 96.5 cm³/mol. The molecule has 3 heterocycles. The largest absolute Gasteiger partial charge is 0.367 e. The normalized spacial score (nSPS) is 17.2. The molecule has 1 aliphatic heterocycles. The number of piperidine rings is 1. The highest BCUT2D eigenvalue weighted by Crippen LogP contribution is 2.26. The lowest BCUT2D eigenvalue weighted by Crippen LogP contribution is -2.40. The van der Waals surface area contributed by atoms with Gasteiger partial charge in [0, 0.05) is 43.6 Å². The van der Waals surface area contributed by atoms with Gasteiger partial charge in [0.05, 0.1) is 4.92 Å². The standard InChI is InChI=1S/C18H23N5O2/c1-13-11-17(23(24)25)12-20-18(13)21-16-5-9-22(10-6-16)14(2)15-3-7-19-8-4-15/h3-4,7-8,11-12,14,16H,5-6,9-10H2,1-2H3,(H,20,21)/t14-/m0/s1. The highest BCUT2D eigenvalue weighted by atomic mass is 16.6. The van der Waals surface area contributed by atoms with Crippen LogP contribution in [0.3, 0.4) is 0 Å². The lowest BCUT2D eigenvalue weighted by atomic mass is 10.0. The van der Waals surface area contributed by atoms with Crippen molar-refractivity contribution in [3.05, 3.63) is 58.0 Å². The highest BCUT2D eigenvalue weighted by Gasteiger charge is 2.24. The van der Waals surface area contributed by atoms with Crippen LogP contribution < -0.4 is 5.32 Å². The maximum absolute atomic E-state index is 10.8. The van der Waals surface area contributed by atoms with Gasteiger partial charge in [0.2, 0.25) is 0 Å². The summed E-state index contributed by atoms with van der Waals surface area (Å²) in [6, 6.07) is 6.42. The number of nitro groups is 1. The van der Waals surface area contributed by atoms with E-state index in [4.69, 9.17) is 0 Å². The number of rotatable bonds is 5. The van der Waals surface area contributed by atoms with Crippen molar-refractivity contribution >= 4 is 11.5 Å². The van der Waals surface area contributed by atoms with E-state index < -0.39 is 4.92 Å². The van der Waals surface area contributed by atoms with Gasteiger partial charge >= 0.3 is 0 Å². The van der Waals surface area contributed by atoms with Crippen LogP contribution in [-0.2, 0) is 0 Å². The second kappa shape index (κ2) is 7.57. The summed E-state index contributed by atoms with van der Waals surface area (Å²) in [6.45, 7) is 6.09. The number of aryl methyl sites for hydroxylation is 1. The summed E-state index contributed by atoms with van der Waals surface area (Å²) in [6.07, 6.45) is 7.03. The second-order valence-corrected chi connectivity index (χ2v) is 6.53. The topological polar surface area (TPSA) is 84.2 Å². The van der Waals surface area contributed by atoms with Gasteiger partial charge in [-0.05, 0) is 49.9 Å². The monoisotopic (exact) mass is 341 g/mol. The number of nitrogens with zero attached hydrogens (tertiary/aromatic N) is 4. The van der Waals surface area contributed by atoms with Gasteiger partial charge in [-0.2, -0.15) is 0 Å². The SMILES string of the molecule is Cc1cc([N+](=O)[O-])cnc1NC1CCN([C@@H](C)c2ccncc2)CC1. The maximum atomic E-state index is 10.8. The summed E-state index contributed by atoms with van der Waals surface area (Å²) in [5.41, 5.74) is 2.13. The fourth-order valence-corrected chi connectivity index (χ4v) is 3.29.